The zero-order chi connectivity index (χ0) is 18.2. The predicted octanol–water partition coefficient (Wildman–Crippen LogP) is 5.83. The first-order valence-corrected chi connectivity index (χ1v) is 9.48. The first-order valence-electron chi connectivity index (χ1n) is 9.48. The van der Waals surface area contributed by atoms with Gasteiger partial charge in [0.2, 0.25) is 0 Å². The molecule has 1 fully saturated rings. The minimum Gasteiger partial charge on any atom is -0.490 e. The molecule has 2 N–H and O–H groups in total. The van der Waals surface area contributed by atoms with Crippen LogP contribution in [0.1, 0.15) is 58.9 Å². The molecule has 0 unspecified atom stereocenters. The SMILES string of the molecule is [CH2][C@](C)(N)c1ccc2cc(OC3CCC(C(C)(C)C)CC3)ccc2c1. The van der Waals surface area contributed by atoms with E-state index in [4.69, 9.17) is 10.5 Å². The van der Waals surface area contributed by atoms with Gasteiger partial charge in [0.25, 0.3) is 0 Å². The second-order valence-electron chi connectivity index (χ2n) is 9.10. The van der Waals surface area contributed by atoms with Crippen molar-refractivity contribution in [3.8, 4) is 5.75 Å². The maximum absolute atomic E-state index is 6.28. The van der Waals surface area contributed by atoms with E-state index in [1.807, 2.05) is 6.92 Å². The van der Waals surface area contributed by atoms with E-state index in [2.05, 4.69) is 64.1 Å². The van der Waals surface area contributed by atoms with E-state index in [9.17, 15) is 0 Å². The van der Waals surface area contributed by atoms with E-state index >= 15 is 0 Å². The van der Waals surface area contributed by atoms with Crippen molar-refractivity contribution in [2.45, 2.75) is 65.0 Å². The van der Waals surface area contributed by atoms with E-state index in [0.717, 1.165) is 30.1 Å². The van der Waals surface area contributed by atoms with Gasteiger partial charge in [0.15, 0.2) is 0 Å². The molecule has 2 nitrogen and oxygen atoms in total. The molecule has 135 valence electrons. The molecule has 0 aliphatic heterocycles. The molecule has 0 saturated heterocycles. The predicted molar refractivity (Wildman–Crippen MR) is 107 cm³/mol. The second kappa shape index (κ2) is 6.64. The van der Waals surface area contributed by atoms with Gasteiger partial charge in [-0.3, -0.25) is 0 Å². The van der Waals surface area contributed by atoms with Crippen molar-refractivity contribution in [2.24, 2.45) is 17.1 Å². The van der Waals surface area contributed by atoms with Gasteiger partial charge in [-0.2, -0.15) is 0 Å². The van der Waals surface area contributed by atoms with Gasteiger partial charge >= 0.3 is 0 Å². The van der Waals surface area contributed by atoms with Crippen molar-refractivity contribution in [3.63, 3.8) is 0 Å². The topological polar surface area (TPSA) is 35.2 Å². The summed E-state index contributed by atoms with van der Waals surface area (Å²) in [6.45, 7) is 13.0. The Morgan fingerprint density at radius 3 is 2.12 bits per heavy atom. The fourth-order valence-corrected chi connectivity index (χ4v) is 3.89. The second-order valence-corrected chi connectivity index (χ2v) is 9.10. The lowest BCUT2D eigenvalue weighted by atomic mass is 9.72. The Morgan fingerprint density at radius 1 is 0.920 bits per heavy atom. The molecule has 0 aromatic heterocycles. The zero-order valence-electron chi connectivity index (χ0n) is 16.1. The molecule has 3 rings (SSSR count). The number of ether oxygens (including phenoxy) is 1. The largest absolute Gasteiger partial charge is 0.490 e. The molecule has 0 bridgehead atoms. The minimum atomic E-state index is -0.560. The minimum absolute atomic E-state index is 0.350. The van der Waals surface area contributed by atoms with Crippen LogP contribution in [0.4, 0.5) is 0 Å². The van der Waals surface area contributed by atoms with Crippen LogP contribution >= 0.6 is 0 Å². The molecular formula is C23H32NO. The molecule has 1 radical (unpaired) electrons. The van der Waals surface area contributed by atoms with Crippen molar-refractivity contribution in [1.29, 1.82) is 0 Å². The molecule has 0 amide bonds. The first kappa shape index (κ1) is 18.3. The van der Waals surface area contributed by atoms with Gasteiger partial charge in [-0.05, 0) is 85.4 Å². The normalized spacial score (nSPS) is 22.2. The molecule has 1 aliphatic rings. The monoisotopic (exact) mass is 338 g/mol. The number of hydrogen-bond donors (Lipinski definition) is 1. The lowest BCUT2D eigenvalue weighted by Gasteiger charge is -2.37. The summed E-state index contributed by atoms with van der Waals surface area (Å²) >= 11 is 0. The molecule has 2 heteroatoms. The molecule has 0 spiro atoms. The van der Waals surface area contributed by atoms with E-state index in [1.165, 1.54) is 23.6 Å². The van der Waals surface area contributed by atoms with Gasteiger partial charge in [0.05, 0.1) is 6.10 Å². The third-order valence-corrected chi connectivity index (χ3v) is 5.67. The highest BCUT2D eigenvalue weighted by Gasteiger charge is 2.30. The van der Waals surface area contributed by atoms with Crippen LogP contribution in [0.2, 0.25) is 0 Å². The fraction of sp³-hybridized carbons (Fsp3) is 0.522. The highest BCUT2D eigenvalue weighted by molar-refractivity contribution is 5.84. The van der Waals surface area contributed by atoms with Crippen LogP contribution in [-0.2, 0) is 5.54 Å². The van der Waals surface area contributed by atoms with Crippen molar-refractivity contribution in [3.05, 3.63) is 48.9 Å². The Labute approximate surface area is 152 Å². The Kier molecular flexibility index (Phi) is 4.85. The summed E-state index contributed by atoms with van der Waals surface area (Å²) in [4.78, 5) is 0. The molecule has 2 aromatic rings. The van der Waals surface area contributed by atoms with Crippen LogP contribution in [0.15, 0.2) is 36.4 Å². The smallest absolute Gasteiger partial charge is 0.120 e. The van der Waals surface area contributed by atoms with Crippen LogP contribution < -0.4 is 10.5 Å². The van der Waals surface area contributed by atoms with E-state index < -0.39 is 5.54 Å². The summed E-state index contributed by atoms with van der Waals surface area (Å²) in [5.41, 5.74) is 7.01. The highest BCUT2D eigenvalue weighted by atomic mass is 16.5. The Morgan fingerprint density at radius 2 is 1.52 bits per heavy atom. The quantitative estimate of drug-likeness (QED) is 0.764. The van der Waals surface area contributed by atoms with E-state index in [0.29, 0.717) is 11.5 Å². The third kappa shape index (κ3) is 4.36. The van der Waals surface area contributed by atoms with Crippen LogP contribution in [0.3, 0.4) is 0 Å². The summed E-state index contributed by atoms with van der Waals surface area (Å²) < 4.78 is 6.28. The van der Waals surface area contributed by atoms with E-state index in [1.54, 1.807) is 0 Å². The lowest BCUT2D eigenvalue weighted by Crippen LogP contribution is -2.30. The zero-order valence-corrected chi connectivity index (χ0v) is 16.1. The molecule has 1 saturated carbocycles. The molecule has 2 aromatic carbocycles. The first-order chi connectivity index (χ1) is 11.6. The van der Waals surface area contributed by atoms with Gasteiger partial charge in [-0.1, -0.05) is 39.0 Å². The number of hydrogen-bond acceptors (Lipinski definition) is 2. The average Bonchev–Trinajstić information content (AvgIpc) is 2.53. The standard InChI is InChI=1S/C23H32NO/c1-22(2,3)18-9-12-20(13-10-18)25-21-11-7-16-14-19(23(4,5)24)8-6-17(16)15-21/h6-8,11,14-15,18,20H,4,9-10,12-13,24H2,1-3,5H3/t18?,20?,23-/m1/s1. The van der Waals surface area contributed by atoms with Crippen molar-refractivity contribution >= 4 is 10.8 Å². The number of nitrogens with two attached hydrogens (primary N) is 1. The average molecular weight is 339 g/mol. The maximum atomic E-state index is 6.28. The van der Waals surface area contributed by atoms with Gasteiger partial charge in [0, 0.05) is 5.54 Å². The molecular weight excluding hydrogens is 306 g/mol. The summed E-state index contributed by atoms with van der Waals surface area (Å²) in [6.07, 6.45) is 5.20. The van der Waals surface area contributed by atoms with Gasteiger partial charge < -0.3 is 10.5 Å². The Hall–Kier alpha value is -1.54. The van der Waals surface area contributed by atoms with Crippen LogP contribution in [0.5, 0.6) is 5.75 Å². The van der Waals surface area contributed by atoms with Crippen LogP contribution in [0.25, 0.3) is 10.8 Å². The summed E-state index contributed by atoms with van der Waals surface area (Å²) in [5.74, 6) is 1.79. The Bertz CT molecular complexity index is 728. The van der Waals surface area contributed by atoms with Gasteiger partial charge in [0.1, 0.15) is 5.75 Å². The number of benzene rings is 2. The summed E-state index contributed by atoms with van der Waals surface area (Å²) in [5, 5.41) is 2.37. The van der Waals surface area contributed by atoms with Crippen LogP contribution in [-0.4, -0.2) is 6.10 Å². The molecule has 1 atom stereocenters. The highest BCUT2D eigenvalue weighted by Crippen LogP contribution is 2.39. The van der Waals surface area contributed by atoms with Crippen LogP contribution in [0, 0.1) is 18.3 Å². The number of fused-ring (bicyclic) bond motifs is 1. The summed E-state index contributed by atoms with van der Waals surface area (Å²) in [7, 11) is 0. The van der Waals surface area contributed by atoms with Crippen molar-refractivity contribution in [2.75, 3.05) is 0 Å². The molecule has 25 heavy (non-hydrogen) atoms. The fourth-order valence-electron chi connectivity index (χ4n) is 3.89. The summed E-state index contributed by atoms with van der Waals surface area (Å²) in [6, 6.07) is 12.7. The maximum Gasteiger partial charge on any atom is 0.120 e. The third-order valence-electron chi connectivity index (χ3n) is 5.67. The van der Waals surface area contributed by atoms with Crippen molar-refractivity contribution in [1.82, 2.24) is 0 Å². The number of rotatable bonds is 3. The Balaban J connectivity index is 1.69. The van der Waals surface area contributed by atoms with Crippen molar-refractivity contribution < 1.29 is 4.74 Å². The van der Waals surface area contributed by atoms with Gasteiger partial charge in [-0.15, -0.1) is 0 Å². The van der Waals surface area contributed by atoms with Gasteiger partial charge in [-0.25, -0.2) is 0 Å². The molecule has 0 heterocycles. The lowest BCUT2D eigenvalue weighted by molar-refractivity contribution is 0.0883. The molecule has 1 aliphatic carbocycles. The van der Waals surface area contributed by atoms with E-state index in [-0.39, 0.29) is 0 Å².